The maximum Gasteiger partial charge on any atom is 0.0540 e. The van der Waals surface area contributed by atoms with Gasteiger partial charge in [0, 0.05) is 22.2 Å². The van der Waals surface area contributed by atoms with Gasteiger partial charge in [-0.3, -0.25) is 0 Å². The van der Waals surface area contributed by atoms with Gasteiger partial charge >= 0.3 is 0 Å². The van der Waals surface area contributed by atoms with Gasteiger partial charge in [0.1, 0.15) is 0 Å². The number of hydrogen-bond donors (Lipinski definition) is 0. The molecule has 0 saturated carbocycles. The van der Waals surface area contributed by atoms with Crippen LogP contribution in [-0.4, -0.2) is 0 Å². The second-order valence-electron chi connectivity index (χ2n) is 14.1. The predicted octanol–water partition coefficient (Wildman–Crippen LogP) is 13.6. The fourth-order valence-electron chi connectivity index (χ4n) is 8.63. The largest absolute Gasteiger partial charge is 0.310 e. The SMILES string of the molecule is CC1(C)c2ccccc2-c2ccc(N(c3ccc(-c4ccccc4)cc3)c3ccc4c5c(cccc35)-c3ccccc3-c3ccccc3-4)cc21. The molecule has 0 atom stereocenters. The highest BCUT2D eigenvalue weighted by Gasteiger charge is 2.36. The first-order valence-corrected chi connectivity index (χ1v) is 17.5. The molecule has 0 saturated heterocycles. The molecule has 0 aromatic heterocycles. The third-order valence-electron chi connectivity index (χ3n) is 11.0. The molecular weight excluding hydrogens is 603 g/mol. The monoisotopic (exact) mass is 637 g/mol. The van der Waals surface area contributed by atoms with Crippen LogP contribution in [0, 0.1) is 0 Å². The molecule has 50 heavy (non-hydrogen) atoms. The van der Waals surface area contributed by atoms with Crippen molar-refractivity contribution in [2.75, 3.05) is 4.90 Å². The number of benzene rings is 8. The van der Waals surface area contributed by atoms with E-state index in [-0.39, 0.29) is 5.41 Å². The first-order chi connectivity index (χ1) is 24.6. The molecule has 0 fully saturated rings. The van der Waals surface area contributed by atoms with Gasteiger partial charge in [0.15, 0.2) is 0 Å². The van der Waals surface area contributed by atoms with Crippen molar-refractivity contribution in [3.8, 4) is 55.6 Å². The summed E-state index contributed by atoms with van der Waals surface area (Å²) in [6, 6.07) is 65.0. The maximum atomic E-state index is 2.47. The molecule has 2 aliphatic carbocycles. The summed E-state index contributed by atoms with van der Waals surface area (Å²) in [6.45, 7) is 4.72. The smallest absolute Gasteiger partial charge is 0.0540 e. The van der Waals surface area contributed by atoms with Gasteiger partial charge in [0.25, 0.3) is 0 Å². The zero-order chi connectivity index (χ0) is 33.4. The van der Waals surface area contributed by atoms with Crippen molar-refractivity contribution < 1.29 is 0 Å². The first kappa shape index (κ1) is 28.8. The second-order valence-corrected chi connectivity index (χ2v) is 14.1. The zero-order valence-corrected chi connectivity index (χ0v) is 28.2. The summed E-state index contributed by atoms with van der Waals surface area (Å²) in [5.74, 6) is 0. The summed E-state index contributed by atoms with van der Waals surface area (Å²) in [4.78, 5) is 2.47. The van der Waals surface area contributed by atoms with E-state index in [1.807, 2.05) is 0 Å². The summed E-state index contributed by atoms with van der Waals surface area (Å²) < 4.78 is 0. The van der Waals surface area contributed by atoms with Crippen LogP contribution in [0.4, 0.5) is 17.1 Å². The van der Waals surface area contributed by atoms with Crippen molar-refractivity contribution in [2.24, 2.45) is 0 Å². The number of anilines is 3. The van der Waals surface area contributed by atoms with Crippen LogP contribution in [0.25, 0.3) is 66.4 Å². The van der Waals surface area contributed by atoms with Gasteiger partial charge in [0.05, 0.1) is 5.69 Å². The Morgan fingerprint density at radius 2 is 0.860 bits per heavy atom. The molecule has 236 valence electrons. The number of hydrogen-bond acceptors (Lipinski definition) is 1. The van der Waals surface area contributed by atoms with Crippen LogP contribution >= 0.6 is 0 Å². The topological polar surface area (TPSA) is 3.24 Å². The lowest BCUT2D eigenvalue weighted by atomic mass is 9.82. The molecule has 8 aromatic rings. The van der Waals surface area contributed by atoms with Gasteiger partial charge in [-0.15, -0.1) is 0 Å². The number of nitrogens with zero attached hydrogens (tertiary/aromatic N) is 1. The number of fused-ring (bicyclic) bond motifs is 8. The lowest BCUT2D eigenvalue weighted by Crippen LogP contribution is -2.16. The lowest BCUT2D eigenvalue weighted by Gasteiger charge is -2.30. The normalized spacial score (nSPS) is 13.2. The van der Waals surface area contributed by atoms with Crippen molar-refractivity contribution >= 4 is 27.8 Å². The minimum atomic E-state index is -0.101. The Balaban J connectivity index is 1.23. The zero-order valence-electron chi connectivity index (χ0n) is 28.2. The maximum absolute atomic E-state index is 2.47. The van der Waals surface area contributed by atoms with Gasteiger partial charge < -0.3 is 4.90 Å². The van der Waals surface area contributed by atoms with E-state index in [0.29, 0.717) is 0 Å². The average Bonchev–Trinajstić information content (AvgIpc) is 3.32. The molecule has 0 radical (unpaired) electrons. The summed E-state index contributed by atoms with van der Waals surface area (Å²) in [6.07, 6.45) is 0. The second kappa shape index (κ2) is 10.9. The molecule has 0 unspecified atom stereocenters. The molecule has 10 rings (SSSR count). The molecule has 2 aliphatic rings. The highest BCUT2D eigenvalue weighted by Crippen LogP contribution is 2.53. The Labute approximate surface area is 293 Å². The summed E-state index contributed by atoms with van der Waals surface area (Å²) in [7, 11) is 0. The third-order valence-corrected chi connectivity index (χ3v) is 11.0. The van der Waals surface area contributed by atoms with E-state index < -0.39 is 0 Å². The molecule has 8 aromatic carbocycles. The quantitative estimate of drug-likeness (QED) is 0.186. The minimum absolute atomic E-state index is 0.101. The Bertz CT molecular complexity index is 2560. The summed E-state index contributed by atoms with van der Waals surface area (Å²) in [5, 5.41) is 2.53. The highest BCUT2D eigenvalue weighted by molar-refractivity contribution is 6.17. The summed E-state index contributed by atoms with van der Waals surface area (Å²) in [5.41, 5.74) is 18.9. The predicted molar refractivity (Wildman–Crippen MR) is 211 cm³/mol. The van der Waals surface area contributed by atoms with Crippen LogP contribution in [0.1, 0.15) is 25.0 Å². The molecule has 0 aliphatic heterocycles. The Hall–Kier alpha value is -6.18. The molecular formula is C49H35N. The molecule has 1 heteroatoms. The van der Waals surface area contributed by atoms with E-state index in [1.54, 1.807) is 0 Å². The minimum Gasteiger partial charge on any atom is -0.310 e. The third kappa shape index (κ3) is 4.20. The Kier molecular flexibility index (Phi) is 6.29. The lowest BCUT2D eigenvalue weighted by molar-refractivity contribution is 0.660. The molecule has 0 spiro atoms. The molecule has 0 amide bonds. The van der Waals surface area contributed by atoms with Crippen molar-refractivity contribution in [3.63, 3.8) is 0 Å². The average molecular weight is 638 g/mol. The summed E-state index contributed by atoms with van der Waals surface area (Å²) >= 11 is 0. The molecule has 0 bridgehead atoms. The van der Waals surface area contributed by atoms with Gasteiger partial charge in [-0.25, -0.2) is 0 Å². The fraction of sp³-hybridized carbons (Fsp3) is 0.0612. The molecule has 1 nitrogen and oxygen atoms in total. The van der Waals surface area contributed by atoms with Gasteiger partial charge in [-0.05, 0) is 102 Å². The van der Waals surface area contributed by atoms with Gasteiger partial charge in [0.2, 0.25) is 0 Å². The standard InChI is InChI=1S/C49H35N/c1-49(2)45-22-11-10-19-40(45)41-28-27-35(31-46(41)49)50(34-25-23-33(24-26-34)32-13-4-3-5-14-32)47-30-29-43-39-18-9-7-16-37(39)36-15-6-8-17-38(36)42-20-12-21-44(47)48(42)43/h3-31H,1-2H3. The van der Waals surface area contributed by atoms with E-state index in [2.05, 4.69) is 195 Å². The Morgan fingerprint density at radius 3 is 1.56 bits per heavy atom. The molecule has 0 heterocycles. The van der Waals surface area contributed by atoms with Crippen LogP contribution in [0.2, 0.25) is 0 Å². The number of rotatable bonds is 4. The van der Waals surface area contributed by atoms with E-state index in [0.717, 1.165) is 11.4 Å². The van der Waals surface area contributed by atoms with Gasteiger partial charge in [-0.2, -0.15) is 0 Å². The Morgan fingerprint density at radius 1 is 0.360 bits per heavy atom. The van der Waals surface area contributed by atoms with Crippen LogP contribution < -0.4 is 4.90 Å². The van der Waals surface area contributed by atoms with E-state index in [1.165, 1.54) is 83.2 Å². The van der Waals surface area contributed by atoms with Crippen molar-refractivity contribution in [3.05, 3.63) is 187 Å². The van der Waals surface area contributed by atoms with Crippen LogP contribution in [0.3, 0.4) is 0 Å². The van der Waals surface area contributed by atoms with Gasteiger partial charge in [-0.1, -0.05) is 159 Å². The van der Waals surface area contributed by atoms with Crippen LogP contribution in [0.5, 0.6) is 0 Å². The van der Waals surface area contributed by atoms with Crippen LogP contribution in [0.15, 0.2) is 176 Å². The van der Waals surface area contributed by atoms with E-state index in [9.17, 15) is 0 Å². The molecule has 0 N–H and O–H groups in total. The highest BCUT2D eigenvalue weighted by atomic mass is 15.1. The van der Waals surface area contributed by atoms with Crippen molar-refractivity contribution in [1.82, 2.24) is 0 Å². The van der Waals surface area contributed by atoms with E-state index in [4.69, 9.17) is 0 Å². The fourth-order valence-corrected chi connectivity index (χ4v) is 8.63. The first-order valence-electron chi connectivity index (χ1n) is 17.5. The van der Waals surface area contributed by atoms with E-state index >= 15 is 0 Å². The van der Waals surface area contributed by atoms with Crippen LogP contribution in [-0.2, 0) is 5.41 Å². The van der Waals surface area contributed by atoms with Crippen molar-refractivity contribution in [1.29, 1.82) is 0 Å². The van der Waals surface area contributed by atoms with Crippen molar-refractivity contribution in [2.45, 2.75) is 19.3 Å².